The van der Waals surface area contributed by atoms with Gasteiger partial charge in [0.15, 0.2) is 0 Å². The molecule has 2 amide bonds. The molecule has 3 aromatic rings. The molecule has 6 heteroatoms. The van der Waals surface area contributed by atoms with Crippen molar-refractivity contribution in [2.75, 3.05) is 27.2 Å². The Kier molecular flexibility index (Phi) is 6.30. The number of amides is 2. The maximum absolute atomic E-state index is 13.5. The highest BCUT2D eigenvalue weighted by Gasteiger charge is 2.45. The largest absolute Gasteiger partial charge is 0.348 e. The standard InChI is InChI=1S/C26H28N4O2/c1-29(2)25(32)26(13-8-16-30(19-26)24(31)23-12-5-6-15-28-23)17-20-9-3-4-11-22(20)21-10-7-14-27-18-21/h3-7,9-12,14-15,18H,8,13,16-17,19H2,1-2H3/t26-/m0/s1. The number of hydrogen-bond donors (Lipinski definition) is 0. The van der Waals surface area contributed by atoms with Crippen LogP contribution in [0.1, 0.15) is 28.9 Å². The van der Waals surface area contributed by atoms with Crippen molar-refractivity contribution in [2.24, 2.45) is 5.41 Å². The van der Waals surface area contributed by atoms with Gasteiger partial charge in [0, 0.05) is 51.3 Å². The fourth-order valence-electron chi connectivity index (χ4n) is 4.67. The van der Waals surface area contributed by atoms with Crippen molar-refractivity contribution in [3.8, 4) is 11.1 Å². The van der Waals surface area contributed by atoms with Crippen molar-refractivity contribution in [3.05, 3.63) is 84.4 Å². The lowest BCUT2D eigenvalue weighted by Crippen LogP contribution is -2.54. The van der Waals surface area contributed by atoms with E-state index in [0.717, 1.165) is 29.5 Å². The molecule has 0 radical (unpaired) electrons. The van der Waals surface area contributed by atoms with Gasteiger partial charge >= 0.3 is 0 Å². The van der Waals surface area contributed by atoms with Gasteiger partial charge in [-0.15, -0.1) is 0 Å². The Morgan fingerprint density at radius 1 is 1.03 bits per heavy atom. The SMILES string of the molecule is CN(C)C(=O)[C@]1(Cc2ccccc2-c2cccnc2)CCCN(C(=O)c2ccccn2)C1. The Morgan fingerprint density at radius 2 is 1.84 bits per heavy atom. The number of aromatic nitrogens is 2. The van der Waals surface area contributed by atoms with Crippen molar-refractivity contribution in [2.45, 2.75) is 19.3 Å². The molecule has 164 valence electrons. The first kappa shape index (κ1) is 21.7. The van der Waals surface area contributed by atoms with Gasteiger partial charge in [-0.1, -0.05) is 36.4 Å². The second kappa shape index (κ2) is 9.30. The van der Waals surface area contributed by atoms with E-state index in [1.165, 1.54) is 0 Å². The van der Waals surface area contributed by atoms with Crippen LogP contribution in [0.4, 0.5) is 0 Å². The van der Waals surface area contributed by atoms with Gasteiger partial charge in [-0.05, 0) is 48.6 Å². The van der Waals surface area contributed by atoms with Crippen LogP contribution in [0.3, 0.4) is 0 Å². The molecule has 6 nitrogen and oxygen atoms in total. The van der Waals surface area contributed by atoms with Crippen LogP contribution in [0, 0.1) is 5.41 Å². The van der Waals surface area contributed by atoms with Gasteiger partial charge in [0.2, 0.25) is 5.91 Å². The molecule has 0 bridgehead atoms. The van der Waals surface area contributed by atoms with Crippen molar-refractivity contribution in [3.63, 3.8) is 0 Å². The third-order valence-corrected chi connectivity index (χ3v) is 6.13. The molecule has 1 aliphatic heterocycles. The van der Waals surface area contributed by atoms with Gasteiger partial charge in [-0.2, -0.15) is 0 Å². The van der Waals surface area contributed by atoms with E-state index in [-0.39, 0.29) is 11.8 Å². The fourth-order valence-corrected chi connectivity index (χ4v) is 4.67. The van der Waals surface area contributed by atoms with Gasteiger partial charge in [-0.25, -0.2) is 0 Å². The van der Waals surface area contributed by atoms with Gasteiger partial charge in [0.1, 0.15) is 5.69 Å². The first-order valence-electron chi connectivity index (χ1n) is 10.9. The molecule has 1 saturated heterocycles. The normalized spacial score (nSPS) is 18.2. The van der Waals surface area contributed by atoms with Crippen LogP contribution in [0.2, 0.25) is 0 Å². The van der Waals surface area contributed by atoms with Gasteiger partial charge in [0.25, 0.3) is 5.91 Å². The second-order valence-electron chi connectivity index (χ2n) is 8.60. The predicted molar refractivity (Wildman–Crippen MR) is 124 cm³/mol. The number of nitrogens with zero attached hydrogens (tertiary/aromatic N) is 4. The summed E-state index contributed by atoms with van der Waals surface area (Å²) in [6.45, 7) is 1.00. The molecule has 2 aromatic heterocycles. The highest BCUT2D eigenvalue weighted by molar-refractivity contribution is 5.93. The third kappa shape index (κ3) is 4.40. The molecule has 0 spiro atoms. The minimum absolute atomic E-state index is 0.0528. The maximum Gasteiger partial charge on any atom is 0.272 e. The van der Waals surface area contributed by atoms with Gasteiger partial charge in [0.05, 0.1) is 5.41 Å². The van der Waals surface area contributed by atoms with Crippen molar-refractivity contribution < 1.29 is 9.59 Å². The van der Waals surface area contributed by atoms with E-state index in [1.807, 2.05) is 36.5 Å². The van der Waals surface area contributed by atoms with Crippen LogP contribution in [0.25, 0.3) is 11.1 Å². The zero-order valence-electron chi connectivity index (χ0n) is 18.6. The summed E-state index contributed by atoms with van der Waals surface area (Å²) in [5.41, 5.74) is 2.90. The van der Waals surface area contributed by atoms with E-state index in [1.54, 1.807) is 48.4 Å². The summed E-state index contributed by atoms with van der Waals surface area (Å²) in [5, 5.41) is 0. The zero-order valence-corrected chi connectivity index (χ0v) is 18.6. The molecule has 0 N–H and O–H groups in total. The number of piperidine rings is 1. The summed E-state index contributed by atoms with van der Waals surface area (Å²) < 4.78 is 0. The summed E-state index contributed by atoms with van der Waals surface area (Å²) in [6.07, 6.45) is 7.29. The lowest BCUT2D eigenvalue weighted by atomic mass is 9.73. The first-order valence-corrected chi connectivity index (χ1v) is 10.9. The molecular weight excluding hydrogens is 400 g/mol. The van der Waals surface area contributed by atoms with Crippen LogP contribution in [-0.4, -0.2) is 58.8 Å². The summed E-state index contributed by atoms with van der Waals surface area (Å²) >= 11 is 0. The maximum atomic E-state index is 13.5. The Balaban J connectivity index is 1.70. The van der Waals surface area contributed by atoms with Gasteiger partial charge < -0.3 is 9.80 Å². The lowest BCUT2D eigenvalue weighted by Gasteiger charge is -2.43. The average molecular weight is 429 g/mol. The van der Waals surface area contributed by atoms with E-state index >= 15 is 0 Å². The predicted octanol–water partition coefficient (Wildman–Crippen LogP) is 3.70. The van der Waals surface area contributed by atoms with Crippen LogP contribution >= 0.6 is 0 Å². The molecule has 3 heterocycles. The quantitative estimate of drug-likeness (QED) is 0.622. The monoisotopic (exact) mass is 428 g/mol. The lowest BCUT2D eigenvalue weighted by molar-refractivity contribution is -0.142. The summed E-state index contributed by atoms with van der Waals surface area (Å²) in [6, 6.07) is 17.4. The number of carbonyl (C=O) groups is 2. The molecule has 0 aliphatic carbocycles. The molecule has 0 unspecified atom stereocenters. The summed E-state index contributed by atoms with van der Waals surface area (Å²) in [7, 11) is 3.58. The van der Waals surface area contributed by atoms with Crippen molar-refractivity contribution >= 4 is 11.8 Å². The number of rotatable bonds is 5. The van der Waals surface area contributed by atoms with E-state index in [2.05, 4.69) is 22.1 Å². The van der Waals surface area contributed by atoms with Crippen LogP contribution in [-0.2, 0) is 11.2 Å². The van der Waals surface area contributed by atoms with Crippen molar-refractivity contribution in [1.29, 1.82) is 0 Å². The number of pyridine rings is 2. The minimum Gasteiger partial charge on any atom is -0.348 e. The number of carbonyl (C=O) groups excluding carboxylic acids is 2. The Labute approximate surface area is 188 Å². The van der Waals surface area contributed by atoms with E-state index in [0.29, 0.717) is 25.2 Å². The van der Waals surface area contributed by atoms with E-state index < -0.39 is 5.41 Å². The van der Waals surface area contributed by atoms with Crippen molar-refractivity contribution in [1.82, 2.24) is 19.8 Å². The average Bonchev–Trinajstić information content (AvgIpc) is 2.84. The summed E-state index contributed by atoms with van der Waals surface area (Å²) in [5.74, 6) is -0.0706. The molecule has 1 aliphatic rings. The molecule has 32 heavy (non-hydrogen) atoms. The zero-order chi connectivity index (χ0) is 22.6. The van der Waals surface area contributed by atoms with Gasteiger partial charge in [-0.3, -0.25) is 19.6 Å². The fraction of sp³-hybridized carbons (Fsp3) is 0.308. The smallest absolute Gasteiger partial charge is 0.272 e. The topological polar surface area (TPSA) is 66.4 Å². The van der Waals surface area contributed by atoms with Crippen LogP contribution in [0.5, 0.6) is 0 Å². The highest BCUT2D eigenvalue weighted by Crippen LogP contribution is 2.38. The van der Waals surface area contributed by atoms with E-state index in [9.17, 15) is 9.59 Å². The number of likely N-dealkylation sites (tertiary alicyclic amines) is 1. The van der Waals surface area contributed by atoms with Crippen LogP contribution in [0.15, 0.2) is 73.2 Å². The third-order valence-electron chi connectivity index (χ3n) is 6.13. The van der Waals surface area contributed by atoms with Crippen LogP contribution < -0.4 is 0 Å². The molecule has 1 atom stereocenters. The molecular formula is C26H28N4O2. The Bertz CT molecular complexity index is 1090. The Morgan fingerprint density at radius 3 is 2.56 bits per heavy atom. The molecule has 0 saturated carbocycles. The number of hydrogen-bond acceptors (Lipinski definition) is 4. The Hall–Kier alpha value is -3.54. The molecule has 1 fully saturated rings. The second-order valence-corrected chi connectivity index (χ2v) is 8.60. The molecule has 1 aromatic carbocycles. The minimum atomic E-state index is -0.690. The molecule has 4 rings (SSSR count). The highest BCUT2D eigenvalue weighted by atomic mass is 16.2. The number of benzene rings is 1. The summed E-state index contributed by atoms with van der Waals surface area (Å²) in [4.78, 5) is 38.6. The first-order chi connectivity index (χ1) is 15.5. The van der Waals surface area contributed by atoms with E-state index in [4.69, 9.17) is 0 Å².